The van der Waals surface area contributed by atoms with Crippen LogP contribution in [0.4, 0.5) is 4.79 Å². The van der Waals surface area contributed by atoms with Gasteiger partial charge in [-0.25, -0.2) is 4.79 Å². The van der Waals surface area contributed by atoms with Crippen molar-refractivity contribution in [1.82, 2.24) is 15.5 Å². The minimum atomic E-state index is -1.13. The van der Waals surface area contributed by atoms with Gasteiger partial charge in [-0.1, -0.05) is 37.3 Å². The fourth-order valence-corrected chi connectivity index (χ4v) is 2.83. The van der Waals surface area contributed by atoms with Crippen LogP contribution in [0.3, 0.4) is 0 Å². The second-order valence-electron chi connectivity index (χ2n) is 7.07. The minimum absolute atomic E-state index is 0.110. The van der Waals surface area contributed by atoms with Crippen LogP contribution in [0.1, 0.15) is 44.8 Å². The van der Waals surface area contributed by atoms with E-state index in [0.29, 0.717) is 12.0 Å². The number of benzene rings is 1. The van der Waals surface area contributed by atoms with Crippen LogP contribution in [-0.4, -0.2) is 46.8 Å². The summed E-state index contributed by atoms with van der Waals surface area (Å²) in [5.41, 5.74) is -0.501. The molecule has 1 heterocycles. The molecule has 27 heavy (non-hydrogen) atoms. The maximum Gasteiger partial charge on any atom is 0.327 e. The average Bonchev–Trinajstić information content (AvgIpc) is 3.44. The maximum absolute atomic E-state index is 12.5. The van der Waals surface area contributed by atoms with Crippen molar-refractivity contribution < 1.29 is 23.9 Å². The third-order valence-corrected chi connectivity index (χ3v) is 4.85. The van der Waals surface area contributed by atoms with Crippen LogP contribution in [0.25, 0.3) is 0 Å². The molecule has 1 aliphatic heterocycles. The van der Waals surface area contributed by atoms with Gasteiger partial charge in [-0.3, -0.25) is 19.3 Å². The highest BCUT2D eigenvalue weighted by molar-refractivity contribution is 6.08. The summed E-state index contributed by atoms with van der Waals surface area (Å²) < 4.78 is 5.36. The molecule has 8 nitrogen and oxygen atoms in total. The Morgan fingerprint density at radius 2 is 1.96 bits per heavy atom. The number of nitrogens with one attached hydrogen (secondary N) is 2. The highest BCUT2D eigenvalue weighted by Crippen LogP contribution is 2.24. The van der Waals surface area contributed by atoms with Crippen LogP contribution < -0.4 is 10.6 Å². The predicted molar refractivity (Wildman–Crippen MR) is 95.4 cm³/mol. The molecular weight excluding hydrogens is 350 g/mol. The Kier molecular flexibility index (Phi) is 5.16. The lowest BCUT2D eigenvalue weighted by Gasteiger charge is -2.21. The van der Waals surface area contributed by atoms with Crippen molar-refractivity contribution in [3.63, 3.8) is 0 Å². The maximum atomic E-state index is 12.5. The zero-order valence-electron chi connectivity index (χ0n) is 15.4. The number of rotatable bonds is 7. The molecule has 1 saturated heterocycles. The van der Waals surface area contributed by atoms with Gasteiger partial charge in [-0.05, 0) is 26.2 Å². The number of nitrogens with zero attached hydrogens (tertiary/aromatic N) is 1. The van der Waals surface area contributed by atoms with Crippen molar-refractivity contribution >= 4 is 23.8 Å². The molecule has 0 unspecified atom stereocenters. The number of hydrogen-bond donors (Lipinski definition) is 2. The Hall–Kier alpha value is -2.90. The summed E-state index contributed by atoms with van der Waals surface area (Å²) in [4.78, 5) is 50.2. The molecule has 1 saturated carbocycles. The second-order valence-corrected chi connectivity index (χ2v) is 7.07. The van der Waals surface area contributed by atoms with Crippen LogP contribution in [-0.2, 0) is 19.1 Å². The third kappa shape index (κ3) is 4.10. The van der Waals surface area contributed by atoms with Crippen LogP contribution in [0, 0.1) is 0 Å². The van der Waals surface area contributed by atoms with Gasteiger partial charge in [0, 0.05) is 11.6 Å². The summed E-state index contributed by atoms with van der Waals surface area (Å²) in [7, 11) is 0. The van der Waals surface area contributed by atoms with Gasteiger partial charge in [0.15, 0.2) is 0 Å². The number of amides is 4. The molecule has 0 bridgehead atoms. The third-order valence-electron chi connectivity index (χ3n) is 4.85. The summed E-state index contributed by atoms with van der Waals surface area (Å²) in [6.07, 6.45) is 1.08. The van der Waals surface area contributed by atoms with Crippen LogP contribution in [0.15, 0.2) is 30.3 Å². The van der Waals surface area contributed by atoms with E-state index in [1.807, 2.05) is 0 Å². The van der Waals surface area contributed by atoms with Gasteiger partial charge in [0.1, 0.15) is 12.1 Å². The van der Waals surface area contributed by atoms with E-state index in [1.54, 1.807) is 44.2 Å². The van der Waals surface area contributed by atoms with Crippen molar-refractivity contribution in [1.29, 1.82) is 0 Å². The number of urea groups is 1. The van der Waals surface area contributed by atoms with Crippen LogP contribution in [0.2, 0.25) is 0 Å². The largest absolute Gasteiger partial charge is 0.446 e. The Morgan fingerprint density at radius 3 is 2.52 bits per heavy atom. The number of ether oxygens (including phenoxy) is 1. The molecule has 3 rings (SSSR count). The van der Waals surface area contributed by atoms with Gasteiger partial charge in [0.05, 0.1) is 0 Å². The van der Waals surface area contributed by atoms with E-state index in [-0.39, 0.29) is 6.04 Å². The van der Waals surface area contributed by atoms with E-state index in [0.717, 1.165) is 17.7 Å². The van der Waals surface area contributed by atoms with Gasteiger partial charge in [-0.15, -0.1) is 0 Å². The molecule has 2 aliphatic rings. The number of imide groups is 1. The standard InChI is InChI=1S/C19H23N3O5/c1-3-19(2)17(25)22(18(26)21-19)11-14(23)27-15(12-7-5-4-6-8-12)16(24)20-13-9-10-13/h4-8,13,15H,3,9-11H2,1-2H3,(H,20,24)(H,21,26)/t15-,19-/m1/s1. The molecule has 0 spiro atoms. The number of carbonyl (C=O) groups excluding carboxylic acids is 4. The Balaban J connectivity index is 1.70. The summed E-state index contributed by atoms with van der Waals surface area (Å²) in [5, 5.41) is 5.39. The van der Waals surface area contributed by atoms with E-state index in [1.165, 1.54) is 0 Å². The molecule has 2 N–H and O–H groups in total. The molecule has 144 valence electrons. The number of carbonyl (C=O) groups is 4. The van der Waals surface area contributed by atoms with E-state index in [4.69, 9.17) is 4.74 Å². The van der Waals surface area contributed by atoms with Gasteiger partial charge in [-0.2, -0.15) is 0 Å². The van der Waals surface area contributed by atoms with E-state index in [2.05, 4.69) is 10.6 Å². The monoisotopic (exact) mass is 373 g/mol. The molecular formula is C19H23N3O5. The first-order chi connectivity index (χ1) is 12.8. The van der Waals surface area contributed by atoms with Crippen LogP contribution in [0.5, 0.6) is 0 Å². The van der Waals surface area contributed by atoms with Gasteiger partial charge >= 0.3 is 12.0 Å². The van der Waals surface area contributed by atoms with Crippen molar-refractivity contribution in [2.45, 2.75) is 50.8 Å². The second kappa shape index (κ2) is 7.38. The smallest absolute Gasteiger partial charge is 0.327 e. The quantitative estimate of drug-likeness (QED) is 0.553. The van der Waals surface area contributed by atoms with Gasteiger partial charge in [0.25, 0.3) is 11.8 Å². The number of hydrogen-bond acceptors (Lipinski definition) is 5. The molecule has 2 fully saturated rings. The molecule has 8 heteroatoms. The zero-order valence-corrected chi connectivity index (χ0v) is 15.4. The first-order valence-corrected chi connectivity index (χ1v) is 9.03. The molecule has 0 radical (unpaired) electrons. The average molecular weight is 373 g/mol. The Bertz CT molecular complexity index is 762. The summed E-state index contributed by atoms with van der Waals surface area (Å²) in [6.45, 7) is 2.84. The van der Waals surface area contributed by atoms with E-state index in [9.17, 15) is 19.2 Å². The molecule has 1 aromatic carbocycles. The lowest BCUT2D eigenvalue weighted by atomic mass is 9.99. The first kappa shape index (κ1) is 18.9. The summed E-state index contributed by atoms with van der Waals surface area (Å²) in [6, 6.07) is 8.12. The molecule has 1 aromatic rings. The normalized spacial score (nSPS) is 23.0. The van der Waals surface area contributed by atoms with Crippen LogP contribution >= 0.6 is 0 Å². The van der Waals surface area contributed by atoms with Gasteiger partial charge < -0.3 is 15.4 Å². The predicted octanol–water partition coefficient (Wildman–Crippen LogP) is 1.27. The van der Waals surface area contributed by atoms with E-state index >= 15 is 0 Å². The lowest BCUT2D eigenvalue weighted by Crippen LogP contribution is -2.44. The fraction of sp³-hybridized carbons (Fsp3) is 0.474. The van der Waals surface area contributed by atoms with Gasteiger partial charge in [0.2, 0.25) is 6.10 Å². The summed E-state index contributed by atoms with van der Waals surface area (Å²) >= 11 is 0. The zero-order chi connectivity index (χ0) is 19.6. The lowest BCUT2D eigenvalue weighted by molar-refractivity contribution is -0.158. The van der Waals surface area contributed by atoms with Crippen molar-refractivity contribution in [3.05, 3.63) is 35.9 Å². The topological polar surface area (TPSA) is 105 Å². The van der Waals surface area contributed by atoms with Crippen molar-refractivity contribution in [2.24, 2.45) is 0 Å². The number of esters is 1. The minimum Gasteiger partial charge on any atom is -0.446 e. The Morgan fingerprint density at radius 1 is 1.30 bits per heavy atom. The first-order valence-electron chi connectivity index (χ1n) is 9.03. The highest BCUT2D eigenvalue weighted by atomic mass is 16.5. The highest BCUT2D eigenvalue weighted by Gasteiger charge is 2.47. The van der Waals surface area contributed by atoms with E-state index < -0.39 is 42.0 Å². The Labute approximate surface area is 157 Å². The SMILES string of the molecule is CC[C@@]1(C)NC(=O)N(CC(=O)O[C@@H](C(=O)NC2CC2)c2ccccc2)C1=O. The fourth-order valence-electron chi connectivity index (χ4n) is 2.83. The molecule has 2 atom stereocenters. The molecule has 4 amide bonds. The molecule has 0 aromatic heterocycles. The summed E-state index contributed by atoms with van der Waals surface area (Å²) in [5.74, 6) is -1.71. The molecule has 1 aliphatic carbocycles. The van der Waals surface area contributed by atoms with Crippen molar-refractivity contribution in [2.75, 3.05) is 6.54 Å². The van der Waals surface area contributed by atoms with Crippen molar-refractivity contribution in [3.8, 4) is 0 Å².